The number of para-hydroxylation sites is 2. The Kier molecular flexibility index (Phi) is 5.10. The number of nitrogens with zero attached hydrogens (tertiary/aromatic N) is 2. The summed E-state index contributed by atoms with van der Waals surface area (Å²) in [5.74, 6) is 0.463. The zero-order valence-corrected chi connectivity index (χ0v) is 13.7. The van der Waals surface area contributed by atoms with Gasteiger partial charge in [-0.1, -0.05) is 12.1 Å². The summed E-state index contributed by atoms with van der Waals surface area (Å²) in [6, 6.07) is 7.63. The highest BCUT2D eigenvalue weighted by Gasteiger charge is 2.24. The lowest BCUT2D eigenvalue weighted by atomic mass is 10.2. The van der Waals surface area contributed by atoms with Gasteiger partial charge in [0.05, 0.1) is 17.6 Å². The molecule has 2 heterocycles. The molecule has 2 aromatic rings. The van der Waals surface area contributed by atoms with E-state index in [0.717, 1.165) is 23.9 Å². The second-order valence-electron chi connectivity index (χ2n) is 5.78. The molecule has 1 atom stereocenters. The predicted molar refractivity (Wildman–Crippen MR) is 89.2 cm³/mol. The van der Waals surface area contributed by atoms with Crippen LogP contribution in [0.5, 0.6) is 0 Å². The standard InChI is InChI=1S/C17H22N4O3/c1-2-18-16(22)11-21-13-7-4-3-6-12(13)20-15(21)10-19-17(23)14-8-5-9-24-14/h3-4,6-7,14H,2,5,8-11H2,1H3,(H,18,22)(H,19,23). The summed E-state index contributed by atoms with van der Waals surface area (Å²) in [5.41, 5.74) is 1.69. The van der Waals surface area contributed by atoms with E-state index in [4.69, 9.17) is 4.74 Å². The molecule has 24 heavy (non-hydrogen) atoms. The Morgan fingerprint density at radius 1 is 1.33 bits per heavy atom. The van der Waals surface area contributed by atoms with Crippen molar-refractivity contribution in [1.29, 1.82) is 0 Å². The first-order valence-electron chi connectivity index (χ1n) is 8.29. The second kappa shape index (κ2) is 7.44. The molecular weight excluding hydrogens is 308 g/mol. The minimum absolute atomic E-state index is 0.0765. The Bertz CT molecular complexity index is 735. The van der Waals surface area contributed by atoms with Crippen molar-refractivity contribution >= 4 is 22.8 Å². The molecule has 1 aliphatic rings. The molecule has 3 rings (SSSR count). The van der Waals surface area contributed by atoms with Crippen molar-refractivity contribution in [2.45, 2.75) is 39.0 Å². The maximum absolute atomic E-state index is 12.1. The Balaban J connectivity index is 1.78. The lowest BCUT2D eigenvalue weighted by molar-refractivity contribution is -0.130. The number of hydrogen-bond donors (Lipinski definition) is 2. The molecule has 1 aliphatic heterocycles. The first kappa shape index (κ1) is 16.4. The molecular formula is C17H22N4O3. The largest absolute Gasteiger partial charge is 0.368 e. The molecule has 7 nitrogen and oxygen atoms in total. The van der Waals surface area contributed by atoms with E-state index in [1.165, 1.54) is 0 Å². The second-order valence-corrected chi connectivity index (χ2v) is 5.78. The van der Waals surface area contributed by atoms with Crippen LogP contribution < -0.4 is 10.6 Å². The van der Waals surface area contributed by atoms with Crippen molar-refractivity contribution in [3.05, 3.63) is 30.1 Å². The fourth-order valence-corrected chi connectivity index (χ4v) is 2.90. The number of likely N-dealkylation sites (N-methyl/N-ethyl adjacent to an activating group) is 1. The molecule has 0 aliphatic carbocycles. The third-order valence-corrected chi connectivity index (χ3v) is 4.05. The Hall–Kier alpha value is -2.41. The van der Waals surface area contributed by atoms with Gasteiger partial charge in [0.15, 0.2) is 0 Å². The average Bonchev–Trinajstić information content (AvgIpc) is 3.22. The van der Waals surface area contributed by atoms with Crippen LogP contribution in [0.3, 0.4) is 0 Å². The summed E-state index contributed by atoms with van der Waals surface area (Å²) in [4.78, 5) is 28.7. The summed E-state index contributed by atoms with van der Waals surface area (Å²) >= 11 is 0. The molecule has 0 spiro atoms. The van der Waals surface area contributed by atoms with Crippen LogP contribution >= 0.6 is 0 Å². The predicted octanol–water partition coefficient (Wildman–Crippen LogP) is 0.968. The lowest BCUT2D eigenvalue weighted by Gasteiger charge is -2.12. The van der Waals surface area contributed by atoms with Crippen LogP contribution in [0.15, 0.2) is 24.3 Å². The van der Waals surface area contributed by atoms with Crippen LogP contribution in [0.2, 0.25) is 0 Å². The lowest BCUT2D eigenvalue weighted by Crippen LogP contribution is -2.35. The quantitative estimate of drug-likeness (QED) is 0.826. The summed E-state index contributed by atoms with van der Waals surface area (Å²) in [7, 11) is 0. The molecule has 7 heteroatoms. The van der Waals surface area contributed by atoms with Gasteiger partial charge in [-0.3, -0.25) is 9.59 Å². The zero-order valence-electron chi connectivity index (χ0n) is 13.7. The molecule has 0 bridgehead atoms. The van der Waals surface area contributed by atoms with Gasteiger partial charge < -0.3 is 19.9 Å². The maximum atomic E-state index is 12.1. The smallest absolute Gasteiger partial charge is 0.249 e. The van der Waals surface area contributed by atoms with Gasteiger partial charge in [0, 0.05) is 13.2 Å². The summed E-state index contributed by atoms with van der Waals surface area (Å²) in [6.45, 7) is 3.54. The number of ether oxygens (including phenoxy) is 1. The van der Waals surface area contributed by atoms with Crippen LogP contribution in [0.25, 0.3) is 11.0 Å². The van der Waals surface area contributed by atoms with Gasteiger partial charge in [-0.05, 0) is 31.9 Å². The number of aromatic nitrogens is 2. The van der Waals surface area contributed by atoms with Crippen LogP contribution in [-0.4, -0.2) is 40.6 Å². The first-order chi connectivity index (χ1) is 11.7. The van der Waals surface area contributed by atoms with E-state index in [-0.39, 0.29) is 31.0 Å². The van der Waals surface area contributed by atoms with E-state index in [0.29, 0.717) is 19.0 Å². The van der Waals surface area contributed by atoms with Gasteiger partial charge in [-0.25, -0.2) is 4.98 Å². The fourth-order valence-electron chi connectivity index (χ4n) is 2.90. The van der Waals surface area contributed by atoms with E-state index in [2.05, 4.69) is 15.6 Å². The molecule has 1 aromatic carbocycles. The number of nitrogens with one attached hydrogen (secondary N) is 2. The minimum atomic E-state index is -0.369. The number of carbonyl (C=O) groups is 2. The average molecular weight is 330 g/mol. The Morgan fingerprint density at radius 2 is 2.17 bits per heavy atom. The van der Waals surface area contributed by atoms with Crippen LogP contribution in [0.1, 0.15) is 25.6 Å². The van der Waals surface area contributed by atoms with Crippen molar-refractivity contribution in [2.75, 3.05) is 13.2 Å². The van der Waals surface area contributed by atoms with Crippen LogP contribution in [-0.2, 0) is 27.4 Å². The number of imidazole rings is 1. The van der Waals surface area contributed by atoms with Crippen molar-refractivity contribution in [3.8, 4) is 0 Å². The molecule has 0 radical (unpaired) electrons. The van der Waals surface area contributed by atoms with Gasteiger partial charge in [-0.15, -0.1) is 0 Å². The van der Waals surface area contributed by atoms with E-state index in [1.54, 1.807) is 0 Å². The number of benzene rings is 1. The highest BCUT2D eigenvalue weighted by Crippen LogP contribution is 2.16. The number of hydrogen-bond acceptors (Lipinski definition) is 4. The van der Waals surface area contributed by atoms with Crippen molar-refractivity contribution in [1.82, 2.24) is 20.2 Å². The number of amides is 2. The molecule has 1 unspecified atom stereocenters. The highest BCUT2D eigenvalue weighted by atomic mass is 16.5. The maximum Gasteiger partial charge on any atom is 0.249 e. The molecule has 0 saturated carbocycles. The fraction of sp³-hybridized carbons (Fsp3) is 0.471. The summed E-state index contributed by atoms with van der Waals surface area (Å²) in [5, 5.41) is 5.66. The number of rotatable bonds is 6. The van der Waals surface area contributed by atoms with E-state index >= 15 is 0 Å². The third kappa shape index (κ3) is 3.56. The monoisotopic (exact) mass is 330 g/mol. The minimum Gasteiger partial charge on any atom is -0.368 e. The number of fused-ring (bicyclic) bond motifs is 1. The van der Waals surface area contributed by atoms with Crippen LogP contribution in [0, 0.1) is 0 Å². The van der Waals surface area contributed by atoms with Gasteiger partial charge in [-0.2, -0.15) is 0 Å². The van der Waals surface area contributed by atoms with Crippen LogP contribution in [0.4, 0.5) is 0 Å². The third-order valence-electron chi connectivity index (χ3n) is 4.05. The topological polar surface area (TPSA) is 85.2 Å². The molecule has 2 amide bonds. The van der Waals surface area contributed by atoms with E-state index in [9.17, 15) is 9.59 Å². The normalized spacial score (nSPS) is 17.1. The van der Waals surface area contributed by atoms with Crippen molar-refractivity contribution in [3.63, 3.8) is 0 Å². The number of carbonyl (C=O) groups excluding carboxylic acids is 2. The highest BCUT2D eigenvalue weighted by molar-refractivity contribution is 5.82. The SMILES string of the molecule is CCNC(=O)Cn1c(CNC(=O)C2CCCO2)nc2ccccc21. The van der Waals surface area contributed by atoms with Gasteiger partial charge in [0.2, 0.25) is 11.8 Å². The van der Waals surface area contributed by atoms with E-state index < -0.39 is 0 Å². The molecule has 1 saturated heterocycles. The molecule has 128 valence electrons. The Morgan fingerprint density at radius 3 is 2.92 bits per heavy atom. The molecule has 1 fully saturated rings. The summed E-state index contributed by atoms with van der Waals surface area (Å²) < 4.78 is 7.23. The Labute approximate surface area is 140 Å². The molecule has 1 aromatic heterocycles. The van der Waals surface area contributed by atoms with Crippen molar-refractivity contribution < 1.29 is 14.3 Å². The van der Waals surface area contributed by atoms with Crippen molar-refractivity contribution in [2.24, 2.45) is 0 Å². The summed E-state index contributed by atoms with van der Waals surface area (Å²) in [6.07, 6.45) is 1.29. The van der Waals surface area contributed by atoms with Gasteiger partial charge in [0.25, 0.3) is 0 Å². The van der Waals surface area contributed by atoms with E-state index in [1.807, 2.05) is 35.8 Å². The molecule has 2 N–H and O–H groups in total. The first-order valence-corrected chi connectivity index (χ1v) is 8.29. The van der Waals surface area contributed by atoms with Gasteiger partial charge in [0.1, 0.15) is 18.5 Å². The zero-order chi connectivity index (χ0) is 16.9. The van der Waals surface area contributed by atoms with Gasteiger partial charge >= 0.3 is 0 Å².